The Morgan fingerprint density at radius 3 is 2.94 bits per heavy atom. The first-order valence-electron chi connectivity index (χ1n) is 4.86. The number of anilines is 1. The Balaban J connectivity index is 2.13. The summed E-state index contributed by atoms with van der Waals surface area (Å²) < 4.78 is 0. The first-order chi connectivity index (χ1) is 8.31. The van der Waals surface area contributed by atoms with E-state index in [9.17, 15) is 0 Å². The summed E-state index contributed by atoms with van der Waals surface area (Å²) in [6, 6.07) is 7.19. The average Bonchev–Trinajstić information content (AvgIpc) is 2.39. The summed E-state index contributed by atoms with van der Waals surface area (Å²) in [6.07, 6.45) is 3.13. The van der Waals surface area contributed by atoms with Gasteiger partial charge in [0.1, 0.15) is 16.9 Å². The Bertz CT molecular complexity index is 550. The van der Waals surface area contributed by atoms with Crippen LogP contribution in [0.4, 0.5) is 5.82 Å². The lowest BCUT2D eigenvalue weighted by atomic mass is 10.3. The monoisotopic (exact) mass is 245 g/mol. The Morgan fingerprint density at radius 1 is 1.35 bits per heavy atom. The summed E-state index contributed by atoms with van der Waals surface area (Å²) in [6.45, 7) is 0.454. The Morgan fingerprint density at radius 2 is 2.24 bits per heavy atom. The number of hydrogen-bond donors (Lipinski definition) is 1. The molecule has 0 aliphatic heterocycles. The molecule has 2 aromatic rings. The topological polar surface area (TPSA) is 74.5 Å². The fourth-order valence-electron chi connectivity index (χ4n) is 1.26. The van der Waals surface area contributed by atoms with Gasteiger partial charge in [-0.3, -0.25) is 0 Å². The van der Waals surface area contributed by atoms with Gasteiger partial charge in [-0.15, -0.1) is 0 Å². The van der Waals surface area contributed by atoms with Gasteiger partial charge < -0.3 is 5.32 Å². The molecule has 2 rings (SSSR count). The van der Waals surface area contributed by atoms with Gasteiger partial charge in [0.25, 0.3) is 0 Å². The van der Waals surface area contributed by atoms with Crippen LogP contribution >= 0.6 is 11.6 Å². The van der Waals surface area contributed by atoms with Crippen molar-refractivity contribution >= 4 is 17.4 Å². The van der Waals surface area contributed by atoms with E-state index in [0.29, 0.717) is 22.9 Å². The van der Waals surface area contributed by atoms with Crippen molar-refractivity contribution < 1.29 is 0 Å². The minimum Gasteiger partial charge on any atom is -0.363 e. The lowest BCUT2D eigenvalue weighted by Crippen LogP contribution is -2.04. The van der Waals surface area contributed by atoms with Crippen LogP contribution in [0.15, 0.2) is 30.6 Å². The van der Waals surface area contributed by atoms with E-state index in [1.807, 2.05) is 12.1 Å². The molecule has 0 aliphatic rings. The van der Waals surface area contributed by atoms with E-state index in [0.717, 1.165) is 5.69 Å². The van der Waals surface area contributed by atoms with Crippen LogP contribution in [-0.2, 0) is 6.54 Å². The molecule has 0 fully saturated rings. The molecule has 6 heteroatoms. The lowest BCUT2D eigenvalue weighted by molar-refractivity contribution is 0.920. The number of aromatic nitrogens is 3. The second-order valence-electron chi connectivity index (χ2n) is 3.20. The molecule has 17 heavy (non-hydrogen) atoms. The second-order valence-corrected chi connectivity index (χ2v) is 3.58. The first-order valence-corrected chi connectivity index (χ1v) is 5.24. The third-order valence-electron chi connectivity index (χ3n) is 2.07. The highest BCUT2D eigenvalue weighted by atomic mass is 35.5. The minimum absolute atomic E-state index is 0.318. The van der Waals surface area contributed by atoms with Crippen molar-refractivity contribution in [3.05, 3.63) is 46.9 Å². The van der Waals surface area contributed by atoms with Gasteiger partial charge in [-0.2, -0.15) is 15.5 Å². The molecule has 0 amide bonds. The van der Waals surface area contributed by atoms with E-state index in [2.05, 4.69) is 20.5 Å². The molecular formula is C11H8ClN5. The number of nitriles is 1. The number of halogens is 1. The number of rotatable bonds is 3. The van der Waals surface area contributed by atoms with Gasteiger partial charge in [0.05, 0.1) is 17.8 Å². The molecule has 1 N–H and O–H groups in total. The number of nitrogens with zero attached hydrogens (tertiary/aromatic N) is 4. The molecule has 84 valence electrons. The summed E-state index contributed by atoms with van der Waals surface area (Å²) >= 11 is 5.99. The molecule has 2 heterocycles. The third kappa shape index (κ3) is 2.68. The van der Waals surface area contributed by atoms with Crippen LogP contribution in [0.1, 0.15) is 11.3 Å². The Kier molecular flexibility index (Phi) is 3.48. The van der Waals surface area contributed by atoms with Gasteiger partial charge >= 0.3 is 0 Å². The molecule has 0 aliphatic carbocycles. The second kappa shape index (κ2) is 5.23. The molecule has 0 bridgehead atoms. The van der Waals surface area contributed by atoms with Gasteiger partial charge in [-0.1, -0.05) is 11.6 Å². The predicted molar refractivity (Wildman–Crippen MR) is 63.3 cm³/mol. The number of hydrogen-bond acceptors (Lipinski definition) is 5. The van der Waals surface area contributed by atoms with Crippen molar-refractivity contribution in [3.8, 4) is 6.07 Å². The normalized spacial score (nSPS) is 9.65. The lowest BCUT2D eigenvalue weighted by Gasteiger charge is -2.06. The fraction of sp³-hybridized carbons (Fsp3) is 0.0909. The molecule has 0 saturated carbocycles. The van der Waals surface area contributed by atoms with Crippen molar-refractivity contribution in [2.24, 2.45) is 0 Å². The predicted octanol–water partition coefficient (Wildman–Crippen LogP) is 2.01. The van der Waals surface area contributed by atoms with Gasteiger partial charge in [-0.25, -0.2) is 4.98 Å². The molecule has 0 radical (unpaired) electrons. The highest BCUT2D eigenvalue weighted by molar-refractivity contribution is 6.34. The van der Waals surface area contributed by atoms with Gasteiger partial charge in [-0.05, 0) is 18.2 Å². The zero-order chi connectivity index (χ0) is 12.1. The van der Waals surface area contributed by atoms with Crippen molar-refractivity contribution in [1.82, 2.24) is 15.2 Å². The van der Waals surface area contributed by atoms with E-state index in [1.54, 1.807) is 18.3 Å². The Labute approximate surface area is 103 Å². The van der Waals surface area contributed by atoms with Gasteiger partial charge in [0, 0.05) is 12.4 Å². The maximum Gasteiger partial charge on any atom is 0.146 e. The third-order valence-corrected chi connectivity index (χ3v) is 2.46. The van der Waals surface area contributed by atoms with Crippen molar-refractivity contribution in [3.63, 3.8) is 0 Å². The maximum atomic E-state index is 8.82. The highest BCUT2D eigenvalue weighted by Gasteiger charge is 2.06. The van der Waals surface area contributed by atoms with Crippen LogP contribution < -0.4 is 5.32 Å². The maximum absolute atomic E-state index is 8.82. The molecule has 0 aromatic carbocycles. The fourth-order valence-corrected chi connectivity index (χ4v) is 1.48. The number of nitrogens with one attached hydrogen (secondary N) is 1. The zero-order valence-corrected chi connectivity index (χ0v) is 9.52. The van der Waals surface area contributed by atoms with Crippen molar-refractivity contribution in [1.29, 1.82) is 5.26 Å². The van der Waals surface area contributed by atoms with Gasteiger partial charge in [0.15, 0.2) is 0 Å². The summed E-state index contributed by atoms with van der Waals surface area (Å²) in [5, 5.41) is 19.8. The van der Waals surface area contributed by atoms with Gasteiger partial charge in [0.2, 0.25) is 0 Å². The van der Waals surface area contributed by atoms with E-state index in [4.69, 9.17) is 16.9 Å². The van der Waals surface area contributed by atoms with E-state index >= 15 is 0 Å². The van der Waals surface area contributed by atoms with E-state index in [-0.39, 0.29) is 0 Å². The molecule has 2 aromatic heterocycles. The molecule has 0 spiro atoms. The first kappa shape index (κ1) is 11.3. The van der Waals surface area contributed by atoms with Crippen LogP contribution in [0, 0.1) is 11.3 Å². The smallest absolute Gasteiger partial charge is 0.146 e. The van der Waals surface area contributed by atoms with Crippen LogP contribution in [0.5, 0.6) is 0 Å². The molecule has 0 atom stereocenters. The number of pyridine rings is 1. The standard InChI is InChI=1S/C11H8ClN5/c12-10-8(6-13)3-5-14-11(10)15-7-9-2-1-4-16-17-9/h1-5H,7H2,(H,14,15). The summed E-state index contributed by atoms with van der Waals surface area (Å²) in [7, 11) is 0. The van der Waals surface area contributed by atoms with Crippen molar-refractivity contribution in [2.45, 2.75) is 6.54 Å². The SMILES string of the molecule is N#Cc1ccnc(NCc2cccnn2)c1Cl. The van der Waals surface area contributed by atoms with Crippen LogP contribution in [0.2, 0.25) is 5.02 Å². The highest BCUT2D eigenvalue weighted by Crippen LogP contribution is 2.22. The molecular weight excluding hydrogens is 238 g/mol. The van der Waals surface area contributed by atoms with E-state index < -0.39 is 0 Å². The quantitative estimate of drug-likeness (QED) is 0.895. The summed E-state index contributed by atoms with van der Waals surface area (Å²) in [4.78, 5) is 4.06. The minimum atomic E-state index is 0.318. The zero-order valence-electron chi connectivity index (χ0n) is 8.76. The molecule has 5 nitrogen and oxygen atoms in total. The van der Waals surface area contributed by atoms with Crippen LogP contribution in [0.3, 0.4) is 0 Å². The molecule has 0 unspecified atom stereocenters. The largest absolute Gasteiger partial charge is 0.363 e. The summed E-state index contributed by atoms with van der Waals surface area (Å²) in [5.74, 6) is 0.469. The van der Waals surface area contributed by atoms with Crippen LogP contribution in [0.25, 0.3) is 0 Å². The average molecular weight is 246 g/mol. The summed E-state index contributed by atoms with van der Waals surface area (Å²) in [5.41, 5.74) is 1.16. The van der Waals surface area contributed by atoms with E-state index in [1.165, 1.54) is 6.20 Å². The van der Waals surface area contributed by atoms with Crippen LogP contribution in [-0.4, -0.2) is 15.2 Å². The molecule has 0 saturated heterocycles. The van der Waals surface area contributed by atoms with Crippen molar-refractivity contribution in [2.75, 3.05) is 5.32 Å². The Hall–Kier alpha value is -2.19.